The van der Waals surface area contributed by atoms with E-state index in [4.69, 9.17) is 4.74 Å². The first-order valence-corrected chi connectivity index (χ1v) is 7.48. The fourth-order valence-electron chi connectivity index (χ4n) is 2.57. The average Bonchev–Trinajstić information content (AvgIpc) is 2.32. The largest absolute Gasteiger partial charge is 0.469 e. The molecule has 122 valence electrons. The first-order valence-electron chi connectivity index (χ1n) is 7.48. The zero-order chi connectivity index (χ0) is 16.0. The van der Waals surface area contributed by atoms with Gasteiger partial charge < -0.3 is 19.7 Å². The number of nitrogens with zero attached hydrogens (tertiary/aromatic N) is 1. The quantitative estimate of drug-likeness (QED) is 0.802. The summed E-state index contributed by atoms with van der Waals surface area (Å²) in [5, 5.41) is 2.92. The van der Waals surface area contributed by atoms with Crippen molar-refractivity contribution in [3.8, 4) is 0 Å². The maximum atomic E-state index is 11.8. The van der Waals surface area contributed by atoms with Crippen molar-refractivity contribution in [1.29, 1.82) is 0 Å². The van der Waals surface area contributed by atoms with Crippen molar-refractivity contribution >= 4 is 12.1 Å². The highest BCUT2D eigenvalue weighted by molar-refractivity contribution is 5.69. The SMILES string of the molecule is COC(=O)CCN1CC(C)CC(NC(=O)OC(C)(C)C)C1. The normalized spacial score (nSPS) is 23.5. The van der Waals surface area contributed by atoms with Gasteiger partial charge in [0.1, 0.15) is 5.60 Å². The molecular formula is C15H28N2O4. The van der Waals surface area contributed by atoms with E-state index in [9.17, 15) is 9.59 Å². The molecule has 1 heterocycles. The molecule has 1 aliphatic rings. The van der Waals surface area contributed by atoms with Gasteiger partial charge in [0.15, 0.2) is 0 Å². The second kappa shape index (κ2) is 7.64. The van der Waals surface area contributed by atoms with Crippen LogP contribution in [0.4, 0.5) is 4.79 Å². The second-order valence-electron chi connectivity index (χ2n) is 6.77. The fourth-order valence-corrected chi connectivity index (χ4v) is 2.57. The monoisotopic (exact) mass is 300 g/mol. The van der Waals surface area contributed by atoms with Gasteiger partial charge in [-0.15, -0.1) is 0 Å². The van der Waals surface area contributed by atoms with Crippen molar-refractivity contribution in [3.05, 3.63) is 0 Å². The van der Waals surface area contributed by atoms with E-state index in [1.54, 1.807) is 0 Å². The van der Waals surface area contributed by atoms with Gasteiger partial charge in [0, 0.05) is 25.7 Å². The molecule has 0 aliphatic carbocycles. The lowest BCUT2D eigenvalue weighted by Gasteiger charge is -2.36. The maximum Gasteiger partial charge on any atom is 0.407 e. The molecule has 0 aromatic heterocycles. The van der Waals surface area contributed by atoms with Crippen LogP contribution < -0.4 is 5.32 Å². The lowest BCUT2D eigenvalue weighted by Crippen LogP contribution is -2.51. The Morgan fingerprint density at radius 2 is 1.95 bits per heavy atom. The number of methoxy groups -OCH3 is 1. The van der Waals surface area contributed by atoms with Crippen LogP contribution in [0.25, 0.3) is 0 Å². The summed E-state index contributed by atoms with van der Waals surface area (Å²) in [5.74, 6) is 0.265. The molecule has 1 fully saturated rings. The number of hydrogen-bond acceptors (Lipinski definition) is 5. The average molecular weight is 300 g/mol. The molecule has 0 aromatic rings. The van der Waals surface area contributed by atoms with Crippen molar-refractivity contribution in [2.24, 2.45) is 5.92 Å². The lowest BCUT2D eigenvalue weighted by atomic mass is 9.96. The van der Waals surface area contributed by atoms with Crippen LogP contribution in [-0.4, -0.2) is 55.3 Å². The number of carbonyl (C=O) groups excluding carboxylic acids is 2. The van der Waals surface area contributed by atoms with E-state index in [2.05, 4.69) is 21.9 Å². The molecule has 1 amide bonds. The number of hydrogen-bond donors (Lipinski definition) is 1. The molecule has 1 saturated heterocycles. The summed E-state index contributed by atoms with van der Waals surface area (Å²) in [5.41, 5.74) is -0.491. The van der Waals surface area contributed by atoms with Crippen molar-refractivity contribution in [2.45, 2.75) is 52.2 Å². The van der Waals surface area contributed by atoms with Crippen LogP contribution in [0.3, 0.4) is 0 Å². The van der Waals surface area contributed by atoms with Gasteiger partial charge in [0.25, 0.3) is 0 Å². The summed E-state index contributed by atoms with van der Waals surface area (Å²) in [4.78, 5) is 25.2. The van der Waals surface area contributed by atoms with Crippen LogP contribution >= 0.6 is 0 Å². The minimum atomic E-state index is -0.491. The number of likely N-dealkylation sites (tertiary alicyclic amines) is 1. The van der Waals surface area contributed by atoms with E-state index in [1.165, 1.54) is 7.11 Å². The van der Waals surface area contributed by atoms with E-state index >= 15 is 0 Å². The Kier molecular flexibility index (Phi) is 6.45. The summed E-state index contributed by atoms with van der Waals surface area (Å²) in [7, 11) is 1.40. The summed E-state index contributed by atoms with van der Waals surface area (Å²) in [6, 6.07) is 0.0567. The van der Waals surface area contributed by atoms with Gasteiger partial charge in [-0.25, -0.2) is 4.79 Å². The van der Waals surface area contributed by atoms with Gasteiger partial charge in [0.05, 0.1) is 13.5 Å². The molecular weight excluding hydrogens is 272 g/mol. The zero-order valence-electron chi connectivity index (χ0n) is 13.8. The molecule has 6 heteroatoms. The van der Waals surface area contributed by atoms with Crippen LogP contribution in [-0.2, 0) is 14.3 Å². The molecule has 0 bridgehead atoms. The van der Waals surface area contributed by atoms with Gasteiger partial charge in [0.2, 0.25) is 0 Å². The molecule has 1 rings (SSSR count). The Morgan fingerprint density at radius 3 is 2.52 bits per heavy atom. The van der Waals surface area contributed by atoms with E-state index in [1.807, 2.05) is 20.8 Å². The maximum absolute atomic E-state index is 11.8. The van der Waals surface area contributed by atoms with Crippen LogP contribution in [0.15, 0.2) is 0 Å². The number of amides is 1. The van der Waals surface area contributed by atoms with Gasteiger partial charge >= 0.3 is 12.1 Å². The Bertz CT molecular complexity index is 365. The number of carbonyl (C=O) groups is 2. The number of rotatable bonds is 4. The summed E-state index contributed by atoms with van der Waals surface area (Å²) < 4.78 is 9.94. The third-order valence-electron chi connectivity index (χ3n) is 3.32. The topological polar surface area (TPSA) is 67.9 Å². The third kappa shape index (κ3) is 7.32. The van der Waals surface area contributed by atoms with Crippen LogP contribution in [0, 0.1) is 5.92 Å². The molecule has 1 N–H and O–H groups in total. The molecule has 0 saturated carbocycles. The van der Waals surface area contributed by atoms with Crippen molar-refractivity contribution in [2.75, 3.05) is 26.7 Å². The minimum Gasteiger partial charge on any atom is -0.469 e. The van der Waals surface area contributed by atoms with Crippen molar-refractivity contribution in [1.82, 2.24) is 10.2 Å². The smallest absolute Gasteiger partial charge is 0.407 e. The molecule has 0 spiro atoms. The molecule has 6 nitrogen and oxygen atoms in total. The number of ether oxygens (including phenoxy) is 2. The van der Waals surface area contributed by atoms with Gasteiger partial charge in [-0.2, -0.15) is 0 Å². The Labute approximate surface area is 127 Å². The van der Waals surface area contributed by atoms with Gasteiger partial charge in [-0.1, -0.05) is 6.92 Å². The molecule has 21 heavy (non-hydrogen) atoms. The first-order chi connectivity index (χ1) is 9.69. The number of nitrogens with one attached hydrogen (secondary N) is 1. The first kappa shape index (κ1) is 17.8. The predicted octanol–water partition coefficient (Wildman–Crippen LogP) is 1.78. The fraction of sp³-hybridized carbons (Fsp3) is 0.867. The molecule has 0 radical (unpaired) electrons. The number of esters is 1. The van der Waals surface area contributed by atoms with Gasteiger partial charge in [-0.05, 0) is 33.1 Å². The van der Waals surface area contributed by atoms with E-state index < -0.39 is 5.60 Å². The standard InChI is InChI=1S/C15H28N2O4/c1-11-8-12(16-14(19)21-15(2,3)4)10-17(9-11)7-6-13(18)20-5/h11-12H,6-10H2,1-5H3,(H,16,19). The second-order valence-corrected chi connectivity index (χ2v) is 6.77. The van der Waals surface area contributed by atoms with E-state index in [0.29, 0.717) is 18.9 Å². The molecule has 1 aliphatic heterocycles. The summed E-state index contributed by atoms with van der Waals surface area (Å²) in [6.07, 6.45) is 0.922. The Morgan fingerprint density at radius 1 is 1.29 bits per heavy atom. The molecule has 0 aromatic carbocycles. The molecule has 2 atom stereocenters. The Hall–Kier alpha value is -1.30. The highest BCUT2D eigenvalue weighted by Gasteiger charge is 2.27. The van der Waals surface area contributed by atoms with Crippen LogP contribution in [0.5, 0.6) is 0 Å². The highest BCUT2D eigenvalue weighted by Crippen LogP contribution is 2.17. The summed E-state index contributed by atoms with van der Waals surface area (Å²) in [6.45, 7) is 10.0. The van der Waals surface area contributed by atoms with E-state index in [-0.39, 0.29) is 18.1 Å². The van der Waals surface area contributed by atoms with Gasteiger partial charge in [-0.3, -0.25) is 4.79 Å². The minimum absolute atomic E-state index is 0.0567. The van der Waals surface area contributed by atoms with Crippen molar-refractivity contribution in [3.63, 3.8) is 0 Å². The third-order valence-corrected chi connectivity index (χ3v) is 3.32. The van der Waals surface area contributed by atoms with Crippen LogP contribution in [0.1, 0.15) is 40.5 Å². The zero-order valence-corrected chi connectivity index (χ0v) is 13.8. The highest BCUT2D eigenvalue weighted by atomic mass is 16.6. The molecule has 2 unspecified atom stereocenters. The van der Waals surface area contributed by atoms with E-state index in [0.717, 1.165) is 19.5 Å². The van der Waals surface area contributed by atoms with Crippen molar-refractivity contribution < 1.29 is 19.1 Å². The van der Waals surface area contributed by atoms with Crippen LogP contribution in [0.2, 0.25) is 0 Å². The lowest BCUT2D eigenvalue weighted by molar-refractivity contribution is -0.141. The number of piperidine rings is 1. The Balaban J connectivity index is 2.44. The predicted molar refractivity (Wildman–Crippen MR) is 80.0 cm³/mol. The summed E-state index contributed by atoms with van der Waals surface area (Å²) >= 11 is 0. The number of alkyl carbamates (subject to hydrolysis) is 1.